The number of non-ortho nitro benzene ring substituents is 1. The molecule has 0 radical (unpaired) electrons. The van der Waals surface area contributed by atoms with Crippen molar-refractivity contribution >= 4 is 28.9 Å². The van der Waals surface area contributed by atoms with E-state index in [1.165, 1.54) is 12.1 Å². The number of hydrogen-bond donors (Lipinski definition) is 2. The Bertz CT molecular complexity index is 1200. The first kappa shape index (κ1) is 25.6. The van der Waals surface area contributed by atoms with E-state index in [1.807, 2.05) is 60.7 Å². The molecule has 0 spiro atoms. The Labute approximate surface area is 221 Å². The minimum absolute atomic E-state index is 0.00656. The molecule has 0 unspecified atom stereocenters. The van der Waals surface area contributed by atoms with E-state index in [-0.39, 0.29) is 23.7 Å². The molecule has 2 N–H and O–H groups in total. The lowest BCUT2D eigenvalue weighted by Gasteiger charge is -2.41. The molecule has 0 aromatic heterocycles. The van der Waals surface area contributed by atoms with E-state index in [0.717, 1.165) is 29.8 Å². The third-order valence-corrected chi connectivity index (χ3v) is 7.31. The molecule has 2 heterocycles. The highest BCUT2D eigenvalue weighted by Crippen LogP contribution is 2.38. The van der Waals surface area contributed by atoms with E-state index in [4.69, 9.17) is 0 Å². The number of nitro benzene ring substituents is 1. The van der Waals surface area contributed by atoms with Gasteiger partial charge in [-0.15, -0.1) is 0 Å². The van der Waals surface area contributed by atoms with Gasteiger partial charge in [0.2, 0.25) is 11.8 Å². The summed E-state index contributed by atoms with van der Waals surface area (Å²) in [6, 6.07) is 24.4. The van der Waals surface area contributed by atoms with E-state index in [1.54, 1.807) is 12.1 Å². The predicted molar refractivity (Wildman–Crippen MR) is 145 cm³/mol. The molecule has 3 aromatic rings. The molecule has 3 aromatic carbocycles. The lowest BCUT2D eigenvalue weighted by Crippen LogP contribution is -2.51. The summed E-state index contributed by atoms with van der Waals surface area (Å²) < 4.78 is 0. The fourth-order valence-electron chi connectivity index (χ4n) is 5.56. The number of carbonyl (C=O) groups excluding carboxylic acids is 2. The van der Waals surface area contributed by atoms with Crippen molar-refractivity contribution < 1.29 is 14.5 Å². The molecule has 2 aliphatic heterocycles. The number of nitrogens with one attached hydrogen (secondary N) is 2. The van der Waals surface area contributed by atoms with Gasteiger partial charge in [0.25, 0.3) is 5.69 Å². The molecule has 5 rings (SSSR count). The number of nitro groups is 1. The molecule has 2 aliphatic rings. The summed E-state index contributed by atoms with van der Waals surface area (Å²) in [6.07, 6.45) is 2.68. The third kappa shape index (κ3) is 5.58. The van der Waals surface area contributed by atoms with Crippen molar-refractivity contribution in [3.8, 4) is 0 Å². The third-order valence-electron chi connectivity index (χ3n) is 7.31. The number of anilines is 2. The molecular formula is C29H31N5O4. The van der Waals surface area contributed by atoms with Gasteiger partial charge in [-0.25, -0.2) is 0 Å². The molecule has 9 nitrogen and oxygen atoms in total. The molecule has 2 fully saturated rings. The van der Waals surface area contributed by atoms with E-state index in [2.05, 4.69) is 20.4 Å². The second-order valence-electron chi connectivity index (χ2n) is 9.72. The number of rotatable bonds is 8. The van der Waals surface area contributed by atoms with Gasteiger partial charge in [0.1, 0.15) is 0 Å². The van der Waals surface area contributed by atoms with E-state index in [0.29, 0.717) is 25.9 Å². The fourth-order valence-corrected chi connectivity index (χ4v) is 5.56. The molecule has 0 bridgehead atoms. The van der Waals surface area contributed by atoms with E-state index < -0.39 is 17.0 Å². The Morgan fingerprint density at radius 3 is 1.61 bits per heavy atom. The molecule has 2 saturated heterocycles. The summed E-state index contributed by atoms with van der Waals surface area (Å²) in [5.41, 5.74) is 2.30. The number of benzene rings is 3. The first-order valence-electron chi connectivity index (χ1n) is 13.0. The lowest BCUT2D eigenvalue weighted by molar-refractivity contribution is -0.384. The maximum absolute atomic E-state index is 13.4. The average Bonchev–Trinajstić information content (AvgIpc) is 3.61. The van der Waals surface area contributed by atoms with Crippen LogP contribution in [0.15, 0.2) is 84.9 Å². The van der Waals surface area contributed by atoms with Crippen LogP contribution in [-0.2, 0) is 9.59 Å². The van der Waals surface area contributed by atoms with Crippen molar-refractivity contribution in [3.63, 3.8) is 0 Å². The van der Waals surface area contributed by atoms with Crippen LogP contribution >= 0.6 is 0 Å². The van der Waals surface area contributed by atoms with Crippen LogP contribution in [0.5, 0.6) is 0 Å². The van der Waals surface area contributed by atoms with Crippen molar-refractivity contribution in [2.24, 2.45) is 0 Å². The maximum atomic E-state index is 13.4. The minimum Gasteiger partial charge on any atom is -0.325 e. The van der Waals surface area contributed by atoms with Gasteiger partial charge in [0.05, 0.1) is 23.2 Å². The van der Waals surface area contributed by atoms with Crippen molar-refractivity contribution in [3.05, 3.63) is 101 Å². The van der Waals surface area contributed by atoms with Crippen molar-refractivity contribution in [1.29, 1.82) is 0 Å². The topological polar surface area (TPSA) is 108 Å². The normalized spacial score (nSPS) is 19.9. The van der Waals surface area contributed by atoms with Gasteiger partial charge in [-0.1, -0.05) is 36.4 Å². The highest BCUT2D eigenvalue weighted by molar-refractivity contribution is 5.96. The molecule has 38 heavy (non-hydrogen) atoms. The Hall–Kier alpha value is -4.08. The number of nitrogens with zero attached hydrogens (tertiary/aromatic N) is 3. The van der Waals surface area contributed by atoms with Gasteiger partial charge in [-0.3, -0.25) is 29.5 Å². The average molecular weight is 514 g/mol. The van der Waals surface area contributed by atoms with Crippen molar-refractivity contribution in [1.82, 2.24) is 9.80 Å². The number of para-hydroxylation sites is 2. The molecule has 0 aliphatic carbocycles. The fraction of sp³-hybridized carbons (Fsp3) is 0.310. The Balaban J connectivity index is 1.45. The Morgan fingerprint density at radius 1 is 0.737 bits per heavy atom. The monoisotopic (exact) mass is 513 g/mol. The largest absolute Gasteiger partial charge is 0.325 e. The Morgan fingerprint density at radius 2 is 1.18 bits per heavy atom. The van der Waals surface area contributed by atoms with Crippen LogP contribution in [0.25, 0.3) is 0 Å². The smallest absolute Gasteiger partial charge is 0.269 e. The van der Waals surface area contributed by atoms with Gasteiger partial charge in [0, 0.05) is 36.6 Å². The predicted octanol–water partition coefficient (Wildman–Crippen LogP) is 4.80. The van der Waals surface area contributed by atoms with E-state index in [9.17, 15) is 19.7 Å². The molecular weight excluding hydrogens is 482 g/mol. The SMILES string of the molecule is O=C(Nc1ccccc1)[C@@H]1CCCN1C(c1ccc([N+](=O)[O-])cc1)N1CCC[C@H]1C(=O)Nc1ccccc1. The van der Waals surface area contributed by atoms with Gasteiger partial charge >= 0.3 is 0 Å². The van der Waals surface area contributed by atoms with E-state index >= 15 is 0 Å². The quantitative estimate of drug-likeness (QED) is 0.331. The Kier molecular flexibility index (Phi) is 7.76. The zero-order valence-corrected chi connectivity index (χ0v) is 21.0. The molecule has 0 saturated carbocycles. The second-order valence-corrected chi connectivity index (χ2v) is 9.72. The van der Waals surface area contributed by atoms with Gasteiger partial charge in [-0.2, -0.15) is 0 Å². The minimum atomic E-state index is -0.420. The van der Waals surface area contributed by atoms with Gasteiger partial charge in [-0.05, 0) is 67.6 Å². The van der Waals surface area contributed by atoms with Crippen LogP contribution in [-0.4, -0.2) is 51.7 Å². The molecule has 2 amide bonds. The van der Waals surface area contributed by atoms with Gasteiger partial charge in [0.15, 0.2) is 0 Å². The zero-order chi connectivity index (χ0) is 26.5. The van der Waals surface area contributed by atoms with Crippen LogP contribution in [0.3, 0.4) is 0 Å². The number of amides is 2. The molecule has 9 heteroatoms. The summed E-state index contributed by atoms with van der Waals surface area (Å²) in [5, 5.41) is 17.4. The summed E-state index contributed by atoms with van der Waals surface area (Å²) >= 11 is 0. The number of likely N-dealkylation sites (tertiary alicyclic amines) is 2. The lowest BCUT2D eigenvalue weighted by atomic mass is 10.1. The molecule has 196 valence electrons. The molecule has 2 atom stereocenters. The van der Waals surface area contributed by atoms with Crippen LogP contribution in [0, 0.1) is 10.1 Å². The summed E-state index contributed by atoms with van der Waals surface area (Å²) in [6.45, 7) is 1.36. The van der Waals surface area contributed by atoms with Crippen molar-refractivity contribution in [2.75, 3.05) is 23.7 Å². The second kappa shape index (κ2) is 11.5. The zero-order valence-electron chi connectivity index (χ0n) is 21.0. The first-order chi connectivity index (χ1) is 18.5. The van der Waals surface area contributed by atoms with Gasteiger partial charge < -0.3 is 10.6 Å². The number of hydrogen-bond acceptors (Lipinski definition) is 6. The maximum Gasteiger partial charge on any atom is 0.269 e. The van der Waals surface area contributed by atoms with Crippen LogP contribution in [0.4, 0.5) is 17.1 Å². The number of carbonyl (C=O) groups is 2. The summed E-state index contributed by atoms with van der Waals surface area (Å²) in [5.74, 6) is -0.185. The summed E-state index contributed by atoms with van der Waals surface area (Å²) in [7, 11) is 0. The van der Waals surface area contributed by atoms with Crippen molar-refractivity contribution in [2.45, 2.75) is 43.9 Å². The van der Waals surface area contributed by atoms with Crippen LogP contribution in [0.1, 0.15) is 37.4 Å². The highest BCUT2D eigenvalue weighted by atomic mass is 16.6. The standard InChI is InChI=1S/C29H31N5O4/c35-27(30-22-9-3-1-4-10-22)25-13-7-19-32(25)29(21-15-17-24(18-16-21)34(37)38)33-20-8-14-26(33)28(36)31-23-11-5-2-6-12-23/h1-6,9-12,15-18,25-26,29H,7-8,13-14,19-20H2,(H,30,35)(H,31,36)/t25-,26-/m0/s1. The van der Waals surface area contributed by atoms with Crippen LogP contribution < -0.4 is 10.6 Å². The first-order valence-corrected chi connectivity index (χ1v) is 13.0. The highest BCUT2D eigenvalue weighted by Gasteiger charge is 2.44. The van der Waals surface area contributed by atoms with Crippen LogP contribution in [0.2, 0.25) is 0 Å². The summed E-state index contributed by atoms with van der Waals surface area (Å²) in [4.78, 5) is 42.0.